The number of nitrogens with one attached hydrogen (secondary N) is 3. The molecule has 0 spiro atoms. The van der Waals surface area contributed by atoms with Gasteiger partial charge in [0.1, 0.15) is 23.6 Å². The van der Waals surface area contributed by atoms with Crippen LogP contribution in [-0.2, 0) is 33.6 Å². The molecule has 0 heterocycles. The number of rotatable bonds is 16. The molecular weight excluding hydrogens is 410 g/mol. The SMILES string of the molecule is CNC(CCC(=O)C(=O)[O-])C(=O)NC(CCC(C)=O)C(=O)NC(CCC(C)=O)C(C)=O. The van der Waals surface area contributed by atoms with Gasteiger partial charge in [-0.3, -0.25) is 19.2 Å². The van der Waals surface area contributed by atoms with Crippen molar-refractivity contribution in [3.05, 3.63) is 0 Å². The maximum atomic E-state index is 12.7. The molecule has 0 aliphatic carbocycles. The quantitative estimate of drug-likeness (QED) is 0.228. The fraction of sp³-hybridized carbons (Fsp3) is 0.650. The summed E-state index contributed by atoms with van der Waals surface area (Å²) in [6.07, 6.45) is -0.436. The maximum absolute atomic E-state index is 12.7. The number of likely N-dealkylation sites (N-methyl/N-ethyl adjacent to an activating group) is 1. The average Bonchev–Trinajstić information content (AvgIpc) is 2.67. The smallest absolute Gasteiger partial charge is 0.243 e. The van der Waals surface area contributed by atoms with E-state index in [1.54, 1.807) is 0 Å². The lowest BCUT2D eigenvalue weighted by atomic mass is 10.0. The van der Waals surface area contributed by atoms with Gasteiger partial charge in [-0.2, -0.15) is 0 Å². The van der Waals surface area contributed by atoms with E-state index in [1.165, 1.54) is 27.8 Å². The molecule has 3 N–H and O–H groups in total. The van der Waals surface area contributed by atoms with Crippen molar-refractivity contribution in [2.24, 2.45) is 0 Å². The van der Waals surface area contributed by atoms with Gasteiger partial charge in [0.15, 0.2) is 11.6 Å². The highest BCUT2D eigenvalue weighted by Crippen LogP contribution is 2.06. The highest BCUT2D eigenvalue weighted by atomic mass is 16.4. The van der Waals surface area contributed by atoms with Crippen molar-refractivity contribution in [3.8, 4) is 0 Å². The van der Waals surface area contributed by atoms with E-state index in [4.69, 9.17) is 0 Å². The standard InChI is InChI=1S/C20H31N3O8/c1-11(24)5-7-14(13(3)26)22-19(29)16(8-6-12(2)25)23-18(28)15(21-4)9-10-17(27)20(30)31/h14-16,21H,5-10H2,1-4H3,(H,22,29)(H,23,28)(H,30,31)/p-1. The summed E-state index contributed by atoms with van der Waals surface area (Å²) in [6, 6.07) is -3.05. The lowest BCUT2D eigenvalue weighted by Crippen LogP contribution is -2.54. The van der Waals surface area contributed by atoms with Gasteiger partial charge in [-0.05, 0) is 47.1 Å². The lowest BCUT2D eigenvalue weighted by Gasteiger charge is -2.24. The Labute approximate surface area is 180 Å². The summed E-state index contributed by atoms with van der Waals surface area (Å²) in [7, 11) is 1.42. The van der Waals surface area contributed by atoms with Crippen LogP contribution in [0.2, 0.25) is 0 Å². The zero-order valence-corrected chi connectivity index (χ0v) is 18.2. The van der Waals surface area contributed by atoms with Crippen molar-refractivity contribution in [1.82, 2.24) is 16.0 Å². The molecule has 3 atom stereocenters. The molecule has 0 radical (unpaired) electrons. The number of carbonyl (C=O) groups is 7. The van der Waals surface area contributed by atoms with Crippen LogP contribution < -0.4 is 21.1 Å². The number of hydrogen-bond donors (Lipinski definition) is 3. The van der Waals surface area contributed by atoms with Crippen molar-refractivity contribution in [2.45, 2.75) is 77.4 Å². The lowest BCUT2D eigenvalue weighted by molar-refractivity contribution is -0.300. The van der Waals surface area contributed by atoms with E-state index in [2.05, 4.69) is 16.0 Å². The van der Waals surface area contributed by atoms with Crippen molar-refractivity contribution in [1.29, 1.82) is 0 Å². The second-order valence-corrected chi connectivity index (χ2v) is 7.30. The summed E-state index contributed by atoms with van der Waals surface area (Å²) in [5.41, 5.74) is 0. The van der Waals surface area contributed by atoms with Gasteiger partial charge in [-0.25, -0.2) is 0 Å². The average molecular weight is 440 g/mol. The Hall–Kier alpha value is -2.95. The van der Waals surface area contributed by atoms with Crippen molar-refractivity contribution in [3.63, 3.8) is 0 Å². The molecule has 0 aliphatic rings. The monoisotopic (exact) mass is 440 g/mol. The molecule has 0 fully saturated rings. The first kappa shape index (κ1) is 28.1. The van der Waals surface area contributed by atoms with Crippen molar-refractivity contribution < 1.29 is 38.7 Å². The van der Waals surface area contributed by atoms with Gasteiger partial charge in [-0.15, -0.1) is 0 Å². The van der Waals surface area contributed by atoms with E-state index in [9.17, 15) is 38.7 Å². The molecule has 11 nitrogen and oxygen atoms in total. The van der Waals surface area contributed by atoms with Crippen LogP contribution in [-0.4, -0.2) is 66.1 Å². The Morgan fingerprint density at radius 2 is 1.10 bits per heavy atom. The minimum atomic E-state index is -1.85. The molecule has 3 unspecified atom stereocenters. The van der Waals surface area contributed by atoms with Crippen LogP contribution in [0.25, 0.3) is 0 Å². The van der Waals surface area contributed by atoms with E-state index in [-0.39, 0.29) is 49.5 Å². The Morgan fingerprint density at radius 1 is 0.677 bits per heavy atom. The predicted molar refractivity (Wildman–Crippen MR) is 106 cm³/mol. The van der Waals surface area contributed by atoms with Crippen LogP contribution in [0.3, 0.4) is 0 Å². The minimum absolute atomic E-state index is 0.00998. The van der Waals surface area contributed by atoms with Crippen molar-refractivity contribution in [2.75, 3.05) is 7.05 Å². The first-order chi connectivity index (χ1) is 14.4. The number of hydrogen-bond acceptors (Lipinski definition) is 9. The van der Waals surface area contributed by atoms with Gasteiger partial charge in [-0.1, -0.05) is 0 Å². The summed E-state index contributed by atoms with van der Waals surface area (Å²) >= 11 is 0. The van der Waals surface area contributed by atoms with E-state index in [0.29, 0.717) is 0 Å². The van der Waals surface area contributed by atoms with Gasteiger partial charge < -0.3 is 35.4 Å². The van der Waals surface area contributed by atoms with Gasteiger partial charge in [0, 0.05) is 19.3 Å². The molecule has 31 heavy (non-hydrogen) atoms. The Morgan fingerprint density at radius 3 is 1.52 bits per heavy atom. The second kappa shape index (κ2) is 14.1. The Bertz CT molecular complexity index is 719. The topological polar surface area (TPSA) is 179 Å². The Kier molecular flexibility index (Phi) is 12.8. The number of carboxylic acids is 1. The van der Waals surface area contributed by atoms with E-state index >= 15 is 0 Å². The van der Waals surface area contributed by atoms with E-state index < -0.39 is 48.1 Å². The highest BCUT2D eigenvalue weighted by molar-refractivity contribution is 6.31. The van der Waals surface area contributed by atoms with Gasteiger partial charge >= 0.3 is 0 Å². The normalized spacial score (nSPS) is 13.4. The number of ketones is 4. The first-order valence-corrected chi connectivity index (χ1v) is 9.90. The molecular formula is C20H30N3O8-. The zero-order chi connectivity index (χ0) is 24.1. The van der Waals surface area contributed by atoms with Crippen LogP contribution in [0.4, 0.5) is 0 Å². The molecule has 0 aromatic heterocycles. The highest BCUT2D eigenvalue weighted by Gasteiger charge is 2.28. The fourth-order valence-corrected chi connectivity index (χ4v) is 2.67. The largest absolute Gasteiger partial charge is 0.542 e. The molecule has 0 bridgehead atoms. The molecule has 2 amide bonds. The van der Waals surface area contributed by atoms with Crippen LogP contribution >= 0.6 is 0 Å². The first-order valence-electron chi connectivity index (χ1n) is 9.90. The molecule has 174 valence electrons. The zero-order valence-electron chi connectivity index (χ0n) is 18.2. The van der Waals surface area contributed by atoms with Crippen LogP contribution in [0, 0.1) is 0 Å². The van der Waals surface area contributed by atoms with E-state index in [1.807, 2.05) is 0 Å². The van der Waals surface area contributed by atoms with Crippen LogP contribution in [0.1, 0.15) is 59.3 Å². The van der Waals surface area contributed by atoms with Crippen LogP contribution in [0.15, 0.2) is 0 Å². The fourth-order valence-electron chi connectivity index (χ4n) is 2.67. The number of amides is 2. The van der Waals surface area contributed by atoms with Gasteiger partial charge in [0.05, 0.1) is 12.1 Å². The third kappa shape index (κ3) is 11.7. The maximum Gasteiger partial charge on any atom is 0.243 e. The predicted octanol–water partition coefficient (Wildman–Crippen LogP) is -2.03. The van der Waals surface area contributed by atoms with Gasteiger partial charge in [0.2, 0.25) is 11.8 Å². The third-order valence-electron chi connectivity index (χ3n) is 4.56. The summed E-state index contributed by atoms with van der Waals surface area (Å²) in [5.74, 6) is -5.11. The third-order valence-corrected chi connectivity index (χ3v) is 4.56. The molecule has 11 heteroatoms. The number of Topliss-reactive ketones (excluding diaryl/α,β-unsaturated/α-hetero) is 4. The molecule has 0 aromatic rings. The number of aliphatic carboxylic acids is 1. The minimum Gasteiger partial charge on any atom is -0.542 e. The van der Waals surface area contributed by atoms with Crippen LogP contribution in [0.5, 0.6) is 0 Å². The molecule has 0 rings (SSSR count). The summed E-state index contributed by atoms with van der Waals surface area (Å²) in [4.78, 5) is 81.3. The Balaban J connectivity index is 5.26. The number of carbonyl (C=O) groups excluding carboxylic acids is 7. The molecule has 0 aliphatic heterocycles. The van der Waals surface area contributed by atoms with E-state index in [0.717, 1.165) is 0 Å². The summed E-state index contributed by atoms with van der Waals surface area (Å²) in [5, 5.41) is 18.1. The summed E-state index contributed by atoms with van der Waals surface area (Å²) < 4.78 is 0. The summed E-state index contributed by atoms with van der Waals surface area (Å²) in [6.45, 7) is 3.95. The second-order valence-electron chi connectivity index (χ2n) is 7.30. The number of carboxylic acid groups (broad SMARTS) is 1. The molecule has 0 saturated carbocycles. The van der Waals surface area contributed by atoms with Crippen molar-refractivity contribution >= 4 is 40.9 Å². The van der Waals surface area contributed by atoms with Gasteiger partial charge in [0.25, 0.3) is 0 Å². The molecule has 0 aromatic carbocycles. The molecule has 0 saturated heterocycles.